The zero-order valence-corrected chi connectivity index (χ0v) is 10.9. The van der Waals surface area contributed by atoms with Crippen LogP contribution in [0.4, 0.5) is 0 Å². The molecule has 0 spiro atoms. The van der Waals surface area contributed by atoms with E-state index in [2.05, 4.69) is 4.72 Å². The minimum absolute atomic E-state index is 0.165. The standard InChI is InChI=1S/C10H17NO3S2/c1-2-4-9(10-5-3-7-15-10)11-16(13,14)8-6-12/h3,5,7,9,11-12H,2,4,6,8H2,1H3. The fourth-order valence-electron chi connectivity index (χ4n) is 1.43. The average Bonchev–Trinajstić information content (AvgIpc) is 2.69. The molecule has 0 saturated heterocycles. The van der Waals surface area contributed by atoms with Gasteiger partial charge in [0.25, 0.3) is 0 Å². The van der Waals surface area contributed by atoms with E-state index in [-0.39, 0.29) is 18.4 Å². The molecule has 92 valence electrons. The molecule has 0 aliphatic rings. The number of sulfonamides is 1. The highest BCUT2D eigenvalue weighted by atomic mass is 32.2. The lowest BCUT2D eigenvalue weighted by molar-refractivity contribution is 0.318. The van der Waals surface area contributed by atoms with Gasteiger partial charge in [-0.25, -0.2) is 13.1 Å². The number of rotatable bonds is 7. The number of hydrogen-bond donors (Lipinski definition) is 2. The van der Waals surface area contributed by atoms with Crippen LogP contribution in [-0.4, -0.2) is 25.9 Å². The normalized spacial score (nSPS) is 13.9. The lowest BCUT2D eigenvalue weighted by Crippen LogP contribution is -2.31. The van der Waals surface area contributed by atoms with Crippen LogP contribution in [0.15, 0.2) is 17.5 Å². The molecule has 0 aliphatic carbocycles. The fourth-order valence-corrected chi connectivity index (χ4v) is 3.36. The summed E-state index contributed by atoms with van der Waals surface area (Å²) >= 11 is 1.54. The number of thiophene rings is 1. The second kappa shape index (κ2) is 6.34. The van der Waals surface area contributed by atoms with Gasteiger partial charge in [0.1, 0.15) is 0 Å². The van der Waals surface area contributed by atoms with Crippen LogP contribution in [0.3, 0.4) is 0 Å². The van der Waals surface area contributed by atoms with Gasteiger partial charge in [0.05, 0.1) is 18.4 Å². The van der Waals surface area contributed by atoms with Gasteiger partial charge in [0, 0.05) is 4.88 Å². The summed E-state index contributed by atoms with van der Waals surface area (Å²) in [6.07, 6.45) is 1.68. The van der Waals surface area contributed by atoms with Crippen molar-refractivity contribution in [1.29, 1.82) is 0 Å². The van der Waals surface area contributed by atoms with Crippen LogP contribution >= 0.6 is 11.3 Å². The van der Waals surface area contributed by atoms with Crippen molar-refractivity contribution in [2.75, 3.05) is 12.4 Å². The first kappa shape index (κ1) is 13.6. The Morgan fingerprint density at radius 2 is 2.31 bits per heavy atom. The molecule has 1 aromatic rings. The third kappa shape index (κ3) is 4.21. The molecule has 16 heavy (non-hydrogen) atoms. The van der Waals surface area contributed by atoms with Crippen LogP contribution < -0.4 is 4.72 Å². The van der Waals surface area contributed by atoms with Crippen LogP contribution in [0.2, 0.25) is 0 Å². The zero-order chi connectivity index (χ0) is 12.0. The van der Waals surface area contributed by atoms with Gasteiger partial charge < -0.3 is 5.11 Å². The van der Waals surface area contributed by atoms with Crippen molar-refractivity contribution in [2.24, 2.45) is 0 Å². The molecule has 1 atom stereocenters. The SMILES string of the molecule is CCCC(NS(=O)(=O)CCO)c1cccs1. The molecule has 1 rings (SSSR count). The van der Waals surface area contributed by atoms with Crippen LogP contribution in [0.5, 0.6) is 0 Å². The predicted octanol–water partition coefficient (Wildman–Crippen LogP) is 1.50. The minimum Gasteiger partial charge on any atom is -0.395 e. The Hall–Kier alpha value is -0.430. The van der Waals surface area contributed by atoms with Crippen molar-refractivity contribution in [2.45, 2.75) is 25.8 Å². The molecule has 0 saturated carbocycles. The Balaban J connectivity index is 2.73. The van der Waals surface area contributed by atoms with E-state index in [0.29, 0.717) is 0 Å². The van der Waals surface area contributed by atoms with Crippen molar-refractivity contribution in [3.8, 4) is 0 Å². The maximum Gasteiger partial charge on any atom is 0.214 e. The van der Waals surface area contributed by atoms with E-state index in [4.69, 9.17) is 5.11 Å². The third-order valence-corrected chi connectivity index (χ3v) is 4.50. The highest BCUT2D eigenvalue weighted by molar-refractivity contribution is 7.89. The van der Waals surface area contributed by atoms with E-state index in [1.165, 1.54) is 0 Å². The van der Waals surface area contributed by atoms with Gasteiger partial charge in [0.15, 0.2) is 0 Å². The van der Waals surface area contributed by atoms with Crippen LogP contribution in [-0.2, 0) is 10.0 Å². The Morgan fingerprint density at radius 3 is 2.81 bits per heavy atom. The van der Waals surface area contributed by atoms with Crippen LogP contribution in [0.25, 0.3) is 0 Å². The average molecular weight is 263 g/mol. The maximum atomic E-state index is 11.5. The van der Waals surface area contributed by atoms with Crippen molar-refractivity contribution < 1.29 is 13.5 Å². The van der Waals surface area contributed by atoms with E-state index in [1.807, 2.05) is 24.4 Å². The van der Waals surface area contributed by atoms with Gasteiger partial charge in [-0.2, -0.15) is 0 Å². The van der Waals surface area contributed by atoms with Crippen LogP contribution in [0, 0.1) is 0 Å². The summed E-state index contributed by atoms with van der Waals surface area (Å²) in [6.45, 7) is 1.67. The molecule has 1 heterocycles. The lowest BCUT2D eigenvalue weighted by atomic mass is 10.1. The largest absolute Gasteiger partial charge is 0.395 e. The topological polar surface area (TPSA) is 66.4 Å². The molecule has 0 radical (unpaired) electrons. The Bertz CT molecular complexity index is 386. The molecule has 0 bridgehead atoms. The Kier molecular flexibility index (Phi) is 5.40. The Morgan fingerprint density at radius 1 is 1.56 bits per heavy atom. The maximum absolute atomic E-state index is 11.5. The molecule has 0 fully saturated rings. The van der Waals surface area contributed by atoms with Gasteiger partial charge in [-0.15, -0.1) is 11.3 Å². The van der Waals surface area contributed by atoms with Crippen LogP contribution in [0.1, 0.15) is 30.7 Å². The quantitative estimate of drug-likeness (QED) is 0.783. The number of aliphatic hydroxyl groups excluding tert-OH is 1. The number of aliphatic hydroxyl groups is 1. The summed E-state index contributed by atoms with van der Waals surface area (Å²) in [5.41, 5.74) is 0. The second-order valence-corrected chi connectivity index (χ2v) is 6.37. The number of nitrogens with one attached hydrogen (secondary N) is 1. The molecule has 0 aromatic carbocycles. The Labute approximate surface area is 100 Å². The zero-order valence-electron chi connectivity index (χ0n) is 9.22. The predicted molar refractivity (Wildman–Crippen MR) is 66.0 cm³/mol. The molecule has 1 unspecified atom stereocenters. The summed E-state index contributed by atoms with van der Waals surface area (Å²) in [7, 11) is -3.37. The molecule has 0 aliphatic heterocycles. The first-order valence-electron chi connectivity index (χ1n) is 5.23. The van der Waals surface area contributed by atoms with E-state index in [9.17, 15) is 8.42 Å². The molecule has 0 amide bonds. The number of hydrogen-bond acceptors (Lipinski definition) is 4. The van der Waals surface area contributed by atoms with E-state index in [1.54, 1.807) is 11.3 Å². The van der Waals surface area contributed by atoms with Gasteiger partial charge in [-0.05, 0) is 17.9 Å². The first-order valence-corrected chi connectivity index (χ1v) is 7.76. The van der Waals surface area contributed by atoms with Gasteiger partial charge in [-0.3, -0.25) is 0 Å². The summed E-state index contributed by atoms with van der Waals surface area (Å²) in [5.74, 6) is -0.238. The van der Waals surface area contributed by atoms with E-state index < -0.39 is 10.0 Å². The first-order chi connectivity index (χ1) is 7.59. The summed E-state index contributed by atoms with van der Waals surface area (Å²) in [5, 5.41) is 10.6. The van der Waals surface area contributed by atoms with Gasteiger partial charge in [0.2, 0.25) is 10.0 Å². The molecule has 1 aromatic heterocycles. The second-order valence-electron chi connectivity index (χ2n) is 3.52. The van der Waals surface area contributed by atoms with Crippen molar-refractivity contribution >= 4 is 21.4 Å². The highest BCUT2D eigenvalue weighted by Crippen LogP contribution is 2.23. The lowest BCUT2D eigenvalue weighted by Gasteiger charge is -2.16. The smallest absolute Gasteiger partial charge is 0.214 e. The van der Waals surface area contributed by atoms with Crippen molar-refractivity contribution in [1.82, 2.24) is 4.72 Å². The van der Waals surface area contributed by atoms with E-state index >= 15 is 0 Å². The fraction of sp³-hybridized carbons (Fsp3) is 0.600. The molecule has 2 N–H and O–H groups in total. The molecule has 4 nitrogen and oxygen atoms in total. The summed E-state index contributed by atoms with van der Waals surface area (Å²) < 4.78 is 25.7. The summed E-state index contributed by atoms with van der Waals surface area (Å²) in [4.78, 5) is 1.02. The van der Waals surface area contributed by atoms with Gasteiger partial charge in [-0.1, -0.05) is 19.4 Å². The van der Waals surface area contributed by atoms with E-state index in [0.717, 1.165) is 17.7 Å². The highest BCUT2D eigenvalue weighted by Gasteiger charge is 2.18. The molecule has 6 heteroatoms. The molecular formula is C10H17NO3S2. The monoisotopic (exact) mass is 263 g/mol. The van der Waals surface area contributed by atoms with Crippen molar-refractivity contribution in [3.05, 3.63) is 22.4 Å². The minimum atomic E-state index is -3.37. The third-order valence-electron chi connectivity index (χ3n) is 2.15. The van der Waals surface area contributed by atoms with Crippen molar-refractivity contribution in [3.63, 3.8) is 0 Å². The van der Waals surface area contributed by atoms with Gasteiger partial charge >= 0.3 is 0 Å². The molecular weight excluding hydrogens is 246 g/mol. The summed E-state index contributed by atoms with van der Waals surface area (Å²) in [6, 6.07) is 3.66.